The molecule has 0 aliphatic carbocycles. The number of amides is 1. The van der Waals surface area contributed by atoms with E-state index in [0.29, 0.717) is 18.9 Å². The number of esters is 1. The maximum Gasteiger partial charge on any atom is 0.310 e. The van der Waals surface area contributed by atoms with Crippen LogP contribution in [0.3, 0.4) is 0 Å². The van der Waals surface area contributed by atoms with Gasteiger partial charge in [0.2, 0.25) is 5.91 Å². The lowest BCUT2D eigenvalue weighted by Gasteiger charge is -2.31. The molecule has 1 aromatic carbocycles. The first-order valence-corrected chi connectivity index (χ1v) is 9.14. The van der Waals surface area contributed by atoms with Crippen LogP contribution in [0.4, 0.5) is 0 Å². The molecule has 1 heterocycles. The lowest BCUT2D eigenvalue weighted by molar-refractivity contribution is -0.151. The Labute approximate surface area is 142 Å². The average Bonchev–Trinajstić information content (AvgIpc) is 2.54. The Balaban J connectivity index is 1.88. The maximum atomic E-state index is 12.4. The number of thioether (sulfide) groups is 1. The van der Waals surface area contributed by atoms with Gasteiger partial charge in [-0.25, -0.2) is 0 Å². The first-order chi connectivity index (χ1) is 11.0. The van der Waals surface area contributed by atoms with Gasteiger partial charge in [0, 0.05) is 18.0 Å². The van der Waals surface area contributed by atoms with Crippen LogP contribution < -0.4 is 0 Å². The molecule has 126 valence electrons. The Bertz CT molecular complexity index is 573. The summed E-state index contributed by atoms with van der Waals surface area (Å²) in [5, 5.41) is 0. The summed E-state index contributed by atoms with van der Waals surface area (Å²) in [6, 6.07) is 6.27. The van der Waals surface area contributed by atoms with E-state index in [2.05, 4.69) is 32.0 Å². The van der Waals surface area contributed by atoms with Crippen molar-refractivity contribution in [2.45, 2.75) is 38.5 Å². The molecule has 0 radical (unpaired) electrons. The fourth-order valence-corrected chi connectivity index (χ4v) is 3.76. The molecule has 1 aliphatic heterocycles. The molecule has 0 spiro atoms. The number of nitrogens with zero attached hydrogens (tertiary/aromatic N) is 1. The minimum atomic E-state index is -0.174. The van der Waals surface area contributed by atoms with Gasteiger partial charge in [0.15, 0.2) is 0 Å². The number of hydrogen-bond donors (Lipinski definition) is 0. The van der Waals surface area contributed by atoms with E-state index in [1.807, 2.05) is 11.8 Å². The topological polar surface area (TPSA) is 46.6 Å². The zero-order valence-corrected chi connectivity index (χ0v) is 14.9. The zero-order valence-electron chi connectivity index (χ0n) is 14.1. The van der Waals surface area contributed by atoms with Gasteiger partial charge in [0.1, 0.15) is 0 Å². The van der Waals surface area contributed by atoms with Crippen LogP contribution in [-0.4, -0.2) is 42.2 Å². The van der Waals surface area contributed by atoms with Gasteiger partial charge < -0.3 is 9.64 Å². The summed E-state index contributed by atoms with van der Waals surface area (Å²) >= 11 is 1.57. The van der Waals surface area contributed by atoms with Gasteiger partial charge in [-0.1, -0.05) is 17.7 Å². The van der Waals surface area contributed by atoms with Crippen molar-refractivity contribution < 1.29 is 14.3 Å². The quantitative estimate of drug-likeness (QED) is 0.612. The molecule has 0 aromatic heterocycles. The predicted octanol–water partition coefficient (Wildman–Crippen LogP) is 3.20. The number of aryl methyl sites for hydroxylation is 2. The van der Waals surface area contributed by atoms with Crippen molar-refractivity contribution in [2.24, 2.45) is 5.92 Å². The first kappa shape index (κ1) is 17.9. The highest BCUT2D eigenvalue weighted by Gasteiger charge is 2.29. The number of rotatable bonds is 5. The molecule has 0 saturated carbocycles. The highest BCUT2D eigenvalue weighted by molar-refractivity contribution is 8.00. The normalized spacial score (nSPS) is 17.9. The van der Waals surface area contributed by atoms with Gasteiger partial charge in [0.05, 0.1) is 18.3 Å². The van der Waals surface area contributed by atoms with Gasteiger partial charge in [-0.15, -0.1) is 11.8 Å². The molecule has 0 N–H and O–H groups in total. The Morgan fingerprint density at radius 1 is 1.35 bits per heavy atom. The Morgan fingerprint density at radius 2 is 2.13 bits per heavy atom. The summed E-state index contributed by atoms with van der Waals surface area (Å²) in [6.45, 7) is 7.57. The van der Waals surface area contributed by atoms with E-state index >= 15 is 0 Å². The van der Waals surface area contributed by atoms with E-state index in [9.17, 15) is 9.59 Å². The van der Waals surface area contributed by atoms with Crippen molar-refractivity contribution in [1.29, 1.82) is 0 Å². The molecule has 5 heteroatoms. The molecule has 4 nitrogen and oxygen atoms in total. The lowest BCUT2D eigenvalue weighted by atomic mass is 9.98. The van der Waals surface area contributed by atoms with Crippen LogP contribution in [0.15, 0.2) is 23.1 Å². The molecule has 1 atom stereocenters. The van der Waals surface area contributed by atoms with Crippen molar-refractivity contribution in [3.05, 3.63) is 29.3 Å². The minimum absolute atomic E-state index is 0.101. The minimum Gasteiger partial charge on any atom is -0.466 e. The average molecular weight is 335 g/mol. The molecule has 2 rings (SSSR count). The monoisotopic (exact) mass is 335 g/mol. The number of likely N-dealkylation sites (tertiary alicyclic amines) is 1. The van der Waals surface area contributed by atoms with E-state index < -0.39 is 0 Å². The summed E-state index contributed by atoms with van der Waals surface area (Å²) in [6.07, 6.45) is 1.68. The fourth-order valence-electron chi connectivity index (χ4n) is 2.85. The van der Waals surface area contributed by atoms with Crippen molar-refractivity contribution in [2.75, 3.05) is 25.4 Å². The molecule has 0 unspecified atom stereocenters. The SMILES string of the molecule is CCOC(=O)[C@H]1CCCN(C(=O)CSc2ccc(C)cc2C)C1. The number of carbonyl (C=O) groups excluding carboxylic acids is 2. The molecule has 0 bridgehead atoms. The molecular weight excluding hydrogens is 310 g/mol. The lowest BCUT2D eigenvalue weighted by Crippen LogP contribution is -2.43. The predicted molar refractivity (Wildman–Crippen MR) is 92.6 cm³/mol. The molecule has 1 saturated heterocycles. The smallest absolute Gasteiger partial charge is 0.310 e. The number of ether oxygens (including phenoxy) is 1. The third-order valence-electron chi connectivity index (χ3n) is 4.08. The van der Waals surface area contributed by atoms with Gasteiger partial charge in [-0.05, 0) is 45.2 Å². The maximum absolute atomic E-state index is 12.4. The number of benzene rings is 1. The summed E-state index contributed by atoms with van der Waals surface area (Å²) in [5.74, 6) is 0.175. The van der Waals surface area contributed by atoms with Crippen molar-refractivity contribution in [3.63, 3.8) is 0 Å². The molecule has 1 aliphatic rings. The van der Waals surface area contributed by atoms with E-state index in [1.54, 1.807) is 11.8 Å². The summed E-state index contributed by atoms with van der Waals surface area (Å²) in [5.41, 5.74) is 2.43. The molecule has 1 amide bonds. The summed E-state index contributed by atoms with van der Waals surface area (Å²) < 4.78 is 5.08. The molecule has 1 aromatic rings. The number of hydrogen-bond acceptors (Lipinski definition) is 4. The van der Waals surface area contributed by atoms with Crippen molar-refractivity contribution in [3.8, 4) is 0 Å². The summed E-state index contributed by atoms with van der Waals surface area (Å²) in [7, 11) is 0. The van der Waals surface area contributed by atoms with Crippen LogP contribution in [0.25, 0.3) is 0 Å². The molecule has 1 fully saturated rings. The Morgan fingerprint density at radius 3 is 2.83 bits per heavy atom. The second-order valence-electron chi connectivity index (χ2n) is 5.99. The molecular formula is C18H25NO3S. The van der Waals surface area contributed by atoms with Crippen LogP contribution >= 0.6 is 11.8 Å². The fraction of sp³-hybridized carbons (Fsp3) is 0.556. The van der Waals surface area contributed by atoms with Gasteiger partial charge in [0.25, 0.3) is 0 Å². The molecule has 23 heavy (non-hydrogen) atoms. The Hall–Kier alpha value is -1.49. The standard InChI is InChI=1S/C18H25NO3S/c1-4-22-18(21)15-6-5-9-19(11-15)17(20)12-23-16-8-7-13(2)10-14(16)3/h7-8,10,15H,4-6,9,11-12H2,1-3H3/t15-/m0/s1. The first-order valence-electron chi connectivity index (χ1n) is 8.15. The second-order valence-corrected chi connectivity index (χ2v) is 7.01. The van der Waals surface area contributed by atoms with Gasteiger partial charge in [-0.3, -0.25) is 9.59 Å². The van der Waals surface area contributed by atoms with E-state index in [4.69, 9.17) is 4.74 Å². The largest absolute Gasteiger partial charge is 0.466 e. The van der Waals surface area contributed by atoms with Crippen LogP contribution in [0.5, 0.6) is 0 Å². The highest BCUT2D eigenvalue weighted by Crippen LogP contribution is 2.25. The third kappa shape index (κ3) is 4.99. The van der Waals surface area contributed by atoms with Crippen LogP contribution in [0, 0.1) is 19.8 Å². The van der Waals surface area contributed by atoms with Crippen LogP contribution in [0.1, 0.15) is 30.9 Å². The zero-order chi connectivity index (χ0) is 16.8. The van der Waals surface area contributed by atoms with Gasteiger partial charge in [-0.2, -0.15) is 0 Å². The Kier molecular flexibility index (Phi) is 6.51. The highest BCUT2D eigenvalue weighted by atomic mass is 32.2. The van der Waals surface area contributed by atoms with Crippen LogP contribution in [-0.2, 0) is 14.3 Å². The van der Waals surface area contributed by atoms with E-state index in [1.165, 1.54) is 11.1 Å². The van der Waals surface area contributed by atoms with E-state index in [0.717, 1.165) is 24.3 Å². The number of carbonyl (C=O) groups is 2. The van der Waals surface area contributed by atoms with Crippen molar-refractivity contribution in [1.82, 2.24) is 4.90 Å². The third-order valence-corrected chi connectivity index (χ3v) is 5.24. The van der Waals surface area contributed by atoms with Crippen molar-refractivity contribution >= 4 is 23.6 Å². The van der Waals surface area contributed by atoms with Crippen LogP contribution in [0.2, 0.25) is 0 Å². The van der Waals surface area contributed by atoms with Gasteiger partial charge >= 0.3 is 5.97 Å². The summed E-state index contributed by atoms with van der Waals surface area (Å²) in [4.78, 5) is 27.2. The van der Waals surface area contributed by atoms with E-state index in [-0.39, 0.29) is 17.8 Å². The number of piperidine rings is 1. The second kappa shape index (κ2) is 8.39.